The van der Waals surface area contributed by atoms with Crippen molar-refractivity contribution >= 4 is 92.1 Å². The molecule has 65 heavy (non-hydrogen) atoms. The maximum atomic E-state index is 7.11. The van der Waals surface area contributed by atoms with Crippen LogP contribution in [0.1, 0.15) is 0 Å². The molecule has 0 unspecified atom stereocenters. The van der Waals surface area contributed by atoms with Crippen LogP contribution in [0.2, 0.25) is 0 Å². The molecule has 11 aromatic carbocycles. The van der Waals surface area contributed by atoms with Crippen LogP contribution in [0, 0.1) is 0 Å². The van der Waals surface area contributed by atoms with Gasteiger partial charge in [-0.25, -0.2) is 0 Å². The zero-order chi connectivity index (χ0) is 42.8. The molecular weight excluding hydrogens is 807 g/mol. The number of rotatable bonds is 7. The Morgan fingerprint density at radius 3 is 1.68 bits per heavy atom. The lowest BCUT2D eigenvalue weighted by atomic mass is 9.96. The normalized spacial score (nSPS) is 11.7. The standard InChI is InChI=1S/C62H39NOS/c1-4-14-40(15-5-1)46-29-33-53-57(38-46)64-62-52(43-18-8-3-9-19-43)34-35-55(61(53)62)63(56-37-48(41-16-6-2-7-17-41)39-59-60(56)54-22-12-13-23-58(54)65-59)49-30-26-42(27-31-49)45-28-32-51-47(36-45)25-24-44-20-10-11-21-50(44)51/h1-39H. The van der Waals surface area contributed by atoms with Crippen LogP contribution in [-0.4, -0.2) is 0 Å². The van der Waals surface area contributed by atoms with E-state index in [1.54, 1.807) is 0 Å². The zero-order valence-electron chi connectivity index (χ0n) is 35.3. The Morgan fingerprint density at radius 1 is 0.323 bits per heavy atom. The number of hydrogen-bond acceptors (Lipinski definition) is 3. The van der Waals surface area contributed by atoms with Crippen LogP contribution in [0.3, 0.4) is 0 Å². The molecule has 304 valence electrons. The first-order valence-corrected chi connectivity index (χ1v) is 23.0. The van der Waals surface area contributed by atoms with Gasteiger partial charge in [0, 0.05) is 36.8 Å². The van der Waals surface area contributed by atoms with Gasteiger partial charge in [-0.3, -0.25) is 0 Å². The lowest BCUT2D eigenvalue weighted by Gasteiger charge is -2.28. The minimum Gasteiger partial charge on any atom is -0.455 e. The van der Waals surface area contributed by atoms with Gasteiger partial charge in [0.15, 0.2) is 0 Å². The van der Waals surface area contributed by atoms with E-state index in [4.69, 9.17) is 4.42 Å². The second-order valence-corrected chi connectivity index (χ2v) is 17.9. The smallest absolute Gasteiger partial charge is 0.145 e. The van der Waals surface area contributed by atoms with E-state index < -0.39 is 0 Å². The molecule has 0 spiro atoms. The largest absolute Gasteiger partial charge is 0.455 e. The molecule has 0 fully saturated rings. The Kier molecular flexibility index (Phi) is 8.75. The Labute approximate surface area is 380 Å². The van der Waals surface area contributed by atoms with Crippen LogP contribution in [-0.2, 0) is 0 Å². The van der Waals surface area contributed by atoms with Crippen LogP contribution >= 0.6 is 11.3 Å². The predicted octanol–water partition coefficient (Wildman–Crippen LogP) is 18.4. The van der Waals surface area contributed by atoms with E-state index in [0.29, 0.717) is 0 Å². The minimum absolute atomic E-state index is 0.856. The monoisotopic (exact) mass is 845 g/mol. The number of anilines is 3. The van der Waals surface area contributed by atoms with Gasteiger partial charge in [0.1, 0.15) is 11.2 Å². The Hall–Kier alpha value is -8.24. The Balaban J connectivity index is 1.08. The first-order chi connectivity index (χ1) is 32.2. The van der Waals surface area contributed by atoms with Crippen LogP contribution in [0.25, 0.3) is 108 Å². The molecule has 0 N–H and O–H groups in total. The summed E-state index contributed by atoms with van der Waals surface area (Å²) in [5.74, 6) is 0. The van der Waals surface area contributed by atoms with E-state index in [0.717, 1.165) is 61.3 Å². The van der Waals surface area contributed by atoms with Crippen molar-refractivity contribution in [2.75, 3.05) is 4.90 Å². The van der Waals surface area contributed by atoms with Crippen molar-refractivity contribution in [2.24, 2.45) is 0 Å². The summed E-state index contributed by atoms with van der Waals surface area (Å²) in [7, 11) is 0. The number of hydrogen-bond donors (Lipinski definition) is 0. The summed E-state index contributed by atoms with van der Waals surface area (Å²) in [5.41, 5.74) is 14.1. The van der Waals surface area contributed by atoms with Crippen molar-refractivity contribution in [3.8, 4) is 44.5 Å². The highest BCUT2D eigenvalue weighted by Crippen LogP contribution is 2.51. The third-order valence-electron chi connectivity index (χ3n) is 13.0. The quantitative estimate of drug-likeness (QED) is 0.149. The zero-order valence-corrected chi connectivity index (χ0v) is 36.1. The van der Waals surface area contributed by atoms with Crippen molar-refractivity contribution in [1.82, 2.24) is 0 Å². The summed E-state index contributed by atoms with van der Waals surface area (Å²) in [5, 5.41) is 9.66. The minimum atomic E-state index is 0.856. The fraction of sp³-hybridized carbons (Fsp3) is 0. The van der Waals surface area contributed by atoms with Gasteiger partial charge in [-0.2, -0.15) is 0 Å². The first kappa shape index (κ1) is 37.3. The summed E-state index contributed by atoms with van der Waals surface area (Å²) in [6.07, 6.45) is 0. The van der Waals surface area contributed by atoms with Gasteiger partial charge >= 0.3 is 0 Å². The third kappa shape index (κ3) is 6.31. The molecule has 0 atom stereocenters. The summed E-state index contributed by atoms with van der Waals surface area (Å²) in [6, 6.07) is 85.9. The number of thiophene rings is 1. The van der Waals surface area contributed by atoms with Crippen molar-refractivity contribution in [3.63, 3.8) is 0 Å². The highest BCUT2D eigenvalue weighted by atomic mass is 32.1. The average Bonchev–Trinajstić information content (AvgIpc) is 3.96. The van der Waals surface area contributed by atoms with Gasteiger partial charge in [-0.15, -0.1) is 11.3 Å². The molecule has 0 amide bonds. The van der Waals surface area contributed by atoms with E-state index in [2.05, 4.69) is 241 Å². The van der Waals surface area contributed by atoms with Crippen molar-refractivity contribution in [1.29, 1.82) is 0 Å². The second-order valence-electron chi connectivity index (χ2n) is 16.8. The lowest BCUT2D eigenvalue weighted by Crippen LogP contribution is -2.11. The molecule has 0 saturated carbocycles. The average molecular weight is 846 g/mol. The Morgan fingerprint density at radius 2 is 0.908 bits per heavy atom. The topological polar surface area (TPSA) is 16.4 Å². The van der Waals surface area contributed by atoms with Crippen LogP contribution in [0.4, 0.5) is 17.1 Å². The van der Waals surface area contributed by atoms with Gasteiger partial charge in [0.05, 0.1) is 16.8 Å². The number of furan rings is 1. The van der Waals surface area contributed by atoms with E-state index in [9.17, 15) is 0 Å². The van der Waals surface area contributed by atoms with E-state index in [1.807, 2.05) is 11.3 Å². The van der Waals surface area contributed by atoms with Gasteiger partial charge < -0.3 is 9.32 Å². The molecule has 0 bridgehead atoms. The molecule has 0 saturated heterocycles. The van der Waals surface area contributed by atoms with Gasteiger partial charge in [-0.05, 0) is 121 Å². The van der Waals surface area contributed by atoms with Crippen molar-refractivity contribution in [3.05, 3.63) is 237 Å². The van der Waals surface area contributed by atoms with Gasteiger partial charge in [0.25, 0.3) is 0 Å². The molecule has 13 rings (SSSR count). The number of benzene rings is 11. The molecule has 0 aliphatic rings. The maximum Gasteiger partial charge on any atom is 0.145 e. The van der Waals surface area contributed by atoms with E-state index >= 15 is 0 Å². The Bertz CT molecular complexity index is 3920. The number of fused-ring (bicyclic) bond motifs is 9. The molecular formula is C62H39NOS. The lowest BCUT2D eigenvalue weighted by molar-refractivity contribution is 0.670. The van der Waals surface area contributed by atoms with E-state index in [1.165, 1.54) is 64.0 Å². The molecule has 13 aromatic rings. The van der Waals surface area contributed by atoms with Crippen molar-refractivity contribution < 1.29 is 4.42 Å². The summed E-state index contributed by atoms with van der Waals surface area (Å²) >= 11 is 1.86. The van der Waals surface area contributed by atoms with Crippen LogP contribution in [0.15, 0.2) is 241 Å². The molecule has 0 aliphatic carbocycles. The molecule has 3 heteroatoms. The number of nitrogens with zero attached hydrogens (tertiary/aromatic N) is 1. The molecule has 2 aromatic heterocycles. The molecule has 0 aliphatic heterocycles. The van der Waals surface area contributed by atoms with Gasteiger partial charge in [-0.1, -0.05) is 176 Å². The SMILES string of the molecule is c1ccc(-c2ccc3c(c2)oc2c(-c4ccccc4)ccc(N(c4ccc(-c5ccc6c(ccc7ccccc76)c5)cc4)c4cc(-c5ccccc5)cc5sc6ccccc6c45)c23)cc1. The molecule has 0 radical (unpaired) electrons. The first-order valence-electron chi connectivity index (χ1n) is 22.1. The summed E-state index contributed by atoms with van der Waals surface area (Å²) in [4.78, 5) is 2.49. The van der Waals surface area contributed by atoms with E-state index in [-0.39, 0.29) is 0 Å². The summed E-state index contributed by atoms with van der Waals surface area (Å²) in [6.45, 7) is 0. The van der Waals surface area contributed by atoms with Crippen LogP contribution in [0.5, 0.6) is 0 Å². The predicted molar refractivity (Wildman–Crippen MR) is 278 cm³/mol. The summed E-state index contributed by atoms with van der Waals surface area (Å²) < 4.78 is 9.62. The molecule has 2 nitrogen and oxygen atoms in total. The van der Waals surface area contributed by atoms with Gasteiger partial charge in [0.2, 0.25) is 0 Å². The fourth-order valence-electron chi connectivity index (χ4n) is 9.91. The maximum absolute atomic E-state index is 7.11. The molecule has 2 heterocycles. The fourth-order valence-corrected chi connectivity index (χ4v) is 11.1. The second kappa shape index (κ2) is 15.2. The highest BCUT2D eigenvalue weighted by Gasteiger charge is 2.26. The van der Waals surface area contributed by atoms with Crippen molar-refractivity contribution in [2.45, 2.75) is 0 Å². The van der Waals surface area contributed by atoms with Crippen LogP contribution < -0.4 is 4.90 Å². The third-order valence-corrected chi connectivity index (χ3v) is 14.2. The highest BCUT2D eigenvalue weighted by molar-refractivity contribution is 7.26.